The van der Waals surface area contributed by atoms with Crippen LogP contribution in [0.25, 0.3) is 0 Å². The molecule has 1 fully saturated rings. The van der Waals surface area contributed by atoms with E-state index in [-0.39, 0.29) is 35.9 Å². The predicted molar refractivity (Wildman–Crippen MR) is 117 cm³/mol. The zero-order valence-corrected chi connectivity index (χ0v) is 17.9. The molecule has 30 heavy (non-hydrogen) atoms. The number of carbonyl (C=O) groups excluding carboxylic acids is 1. The minimum Gasteiger partial charge on any atom is -0.379 e. The van der Waals surface area contributed by atoms with Crippen LogP contribution < -0.4 is 16.0 Å². The molecule has 0 spiro atoms. The number of hydrogen-bond donors (Lipinski definition) is 3. The highest BCUT2D eigenvalue weighted by Crippen LogP contribution is 2.49. The van der Waals surface area contributed by atoms with Crippen LogP contribution in [-0.2, 0) is 9.53 Å². The monoisotopic (exact) mass is 433 g/mol. The molecular weight excluding hydrogens is 405 g/mol. The molecule has 0 saturated carbocycles. The van der Waals surface area contributed by atoms with Crippen LogP contribution in [0.2, 0.25) is 5.02 Å². The summed E-state index contributed by atoms with van der Waals surface area (Å²) in [5, 5.41) is 10.0. The van der Waals surface area contributed by atoms with E-state index >= 15 is 0 Å². The van der Waals surface area contributed by atoms with Crippen molar-refractivity contribution in [1.29, 1.82) is 0 Å². The maximum absolute atomic E-state index is 14.8. The molecule has 1 aromatic rings. The number of rotatable bonds is 6. The van der Waals surface area contributed by atoms with Gasteiger partial charge < -0.3 is 20.7 Å². The first-order valence-corrected chi connectivity index (χ1v) is 11.1. The van der Waals surface area contributed by atoms with Crippen LogP contribution in [0.15, 0.2) is 36.4 Å². The molecule has 7 heteroatoms. The van der Waals surface area contributed by atoms with Crippen molar-refractivity contribution < 1.29 is 13.9 Å². The summed E-state index contributed by atoms with van der Waals surface area (Å²) in [6.07, 6.45) is 11.3. The highest BCUT2D eigenvalue weighted by Gasteiger charge is 2.44. The Kier molecular flexibility index (Phi) is 6.76. The van der Waals surface area contributed by atoms with Gasteiger partial charge in [-0.2, -0.15) is 0 Å². The van der Waals surface area contributed by atoms with Gasteiger partial charge in [-0.25, -0.2) is 4.39 Å². The second kappa shape index (κ2) is 9.50. The molecule has 5 nitrogen and oxygen atoms in total. The van der Waals surface area contributed by atoms with E-state index in [1.54, 1.807) is 0 Å². The fourth-order valence-corrected chi connectivity index (χ4v) is 5.07. The fraction of sp³-hybridized carbons (Fsp3) is 0.522. The van der Waals surface area contributed by atoms with Crippen molar-refractivity contribution >= 4 is 23.2 Å². The maximum Gasteiger partial charge on any atom is 0.216 e. The largest absolute Gasteiger partial charge is 0.379 e. The smallest absolute Gasteiger partial charge is 0.216 e. The van der Waals surface area contributed by atoms with Gasteiger partial charge >= 0.3 is 0 Å². The average Bonchev–Trinajstić information content (AvgIpc) is 2.73. The van der Waals surface area contributed by atoms with Crippen LogP contribution in [0, 0.1) is 17.7 Å². The van der Waals surface area contributed by atoms with Gasteiger partial charge in [0.15, 0.2) is 0 Å². The first-order valence-electron chi connectivity index (χ1n) is 10.7. The minimum atomic E-state index is -0.324. The lowest BCUT2D eigenvalue weighted by Gasteiger charge is -2.47. The van der Waals surface area contributed by atoms with Crippen LogP contribution in [-0.4, -0.2) is 37.7 Å². The molecule has 5 atom stereocenters. The quantitative estimate of drug-likeness (QED) is 0.594. The van der Waals surface area contributed by atoms with E-state index in [9.17, 15) is 9.18 Å². The topological polar surface area (TPSA) is 62.4 Å². The van der Waals surface area contributed by atoms with Gasteiger partial charge in [0.05, 0.1) is 17.9 Å². The molecule has 4 rings (SSSR count). The van der Waals surface area contributed by atoms with Crippen molar-refractivity contribution in [1.82, 2.24) is 10.6 Å². The zero-order valence-electron chi connectivity index (χ0n) is 17.2. The number of hydrogen-bond acceptors (Lipinski definition) is 4. The summed E-state index contributed by atoms with van der Waals surface area (Å²) in [6, 6.07) is 3.32. The molecule has 1 amide bonds. The highest BCUT2D eigenvalue weighted by molar-refractivity contribution is 6.30. The number of ether oxygens (including phenoxy) is 1. The third-order valence-electron chi connectivity index (χ3n) is 6.24. The minimum absolute atomic E-state index is 0.0311. The number of halogens is 2. The van der Waals surface area contributed by atoms with Crippen LogP contribution in [0.1, 0.15) is 37.9 Å². The number of benzene rings is 1. The predicted octanol–water partition coefficient (Wildman–Crippen LogP) is 3.97. The number of carbonyl (C=O) groups is 1. The molecule has 0 aromatic heterocycles. The van der Waals surface area contributed by atoms with Crippen molar-refractivity contribution in [3.63, 3.8) is 0 Å². The van der Waals surface area contributed by atoms with E-state index in [1.165, 1.54) is 13.0 Å². The Labute approximate surface area is 182 Å². The SMILES string of the molecule is CC(=O)NCCNC[C@H]1CC[C@@H]2[C@H](O1)c1cc(Cl)cc(F)c1N[C@H]2C1C=CC=CC1. The number of nitrogens with one attached hydrogen (secondary N) is 3. The van der Waals surface area contributed by atoms with Gasteiger partial charge in [-0.3, -0.25) is 4.79 Å². The number of anilines is 1. The van der Waals surface area contributed by atoms with Crippen molar-refractivity contribution in [2.45, 2.75) is 44.4 Å². The first kappa shape index (κ1) is 21.3. The van der Waals surface area contributed by atoms with E-state index < -0.39 is 0 Å². The van der Waals surface area contributed by atoms with Crippen molar-refractivity contribution in [2.24, 2.45) is 11.8 Å². The molecule has 1 aromatic carbocycles. The number of allylic oxidation sites excluding steroid dienone is 3. The van der Waals surface area contributed by atoms with Crippen molar-refractivity contribution in [3.8, 4) is 0 Å². The Hall–Kier alpha value is -1.89. The standard InChI is InChI=1S/C23H29ClFN3O2/c1-14(29)27-10-9-26-13-17-7-8-18-21(15-5-3-2-4-6-15)28-22-19(23(18)30-17)11-16(24)12-20(22)25/h2-5,11-12,15,17-18,21,23,26,28H,6-10,13H2,1H3,(H,27,29)/t15?,17-,18+,21+,23+/m1/s1. The Morgan fingerprint density at radius 3 is 2.93 bits per heavy atom. The Morgan fingerprint density at radius 1 is 1.30 bits per heavy atom. The highest BCUT2D eigenvalue weighted by atomic mass is 35.5. The lowest BCUT2D eigenvalue weighted by atomic mass is 9.73. The second-order valence-corrected chi connectivity index (χ2v) is 8.78. The Bertz CT molecular complexity index is 844. The molecule has 162 valence electrons. The van der Waals surface area contributed by atoms with Crippen LogP contribution in [0.4, 0.5) is 10.1 Å². The van der Waals surface area contributed by atoms with E-state index in [2.05, 4.69) is 40.3 Å². The summed E-state index contributed by atoms with van der Waals surface area (Å²) in [5.41, 5.74) is 1.34. The van der Waals surface area contributed by atoms with E-state index in [4.69, 9.17) is 16.3 Å². The van der Waals surface area contributed by atoms with Crippen LogP contribution in [0.3, 0.4) is 0 Å². The zero-order chi connectivity index (χ0) is 21.1. The van der Waals surface area contributed by atoms with Gasteiger partial charge in [0.1, 0.15) is 5.82 Å². The summed E-state index contributed by atoms with van der Waals surface area (Å²) in [6.45, 7) is 3.49. The van der Waals surface area contributed by atoms with Gasteiger partial charge in [0.2, 0.25) is 5.91 Å². The van der Waals surface area contributed by atoms with E-state index in [1.807, 2.05) is 6.07 Å². The van der Waals surface area contributed by atoms with Gasteiger partial charge in [0.25, 0.3) is 0 Å². The van der Waals surface area contributed by atoms with Crippen molar-refractivity contribution in [2.75, 3.05) is 25.0 Å². The summed E-state index contributed by atoms with van der Waals surface area (Å²) < 4.78 is 21.3. The summed E-state index contributed by atoms with van der Waals surface area (Å²) in [7, 11) is 0. The normalized spacial score (nSPS) is 29.6. The van der Waals surface area contributed by atoms with Gasteiger partial charge in [-0.15, -0.1) is 0 Å². The molecule has 1 unspecified atom stereocenters. The Balaban J connectivity index is 1.50. The Morgan fingerprint density at radius 2 is 2.17 bits per heavy atom. The molecule has 1 aliphatic carbocycles. The fourth-order valence-electron chi connectivity index (χ4n) is 4.85. The molecular formula is C23H29ClFN3O2. The van der Waals surface area contributed by atoms with Gasteiger partial charge in [-0.05, 0) is 31.4 Å². The van der Waals surface area contributed by atoms with E-state index in [0.29, 0.717) is 36.3 Å². The lowest BCUT2D eigenvalue weighted by Crippen LogP contribution is -2.48. The third kappa shape index (κ3) is 4.71. The lowest BCUT2D eigenvalue weighted by molar-refractivity contribution is -0.118. The van der Waals surface area contributed by atoms with Crippen LogP contribution in [0.5, 0.6) is 0 Å². The molecule has 1 saturated heterocycles. The summed E-state index contributed by atoms with van der Waals surface area (Å²) in [4.78, 5) is 11.0. The molecule has 3 aliphatic rings. The van der Waals surface area contributed by atoms with Gasteiger partial charge in [-0.1, -0.05) is 35.9 Å². The average molecular weight is 434 g/mol. The molecule has 2 heterocycles. The maximum atomic E-state index is 14.8. The molecule has 0 bridgehead atoms. The van der Waals surface area contributed by atoms with Crippen molar-refractivity contribution in [3.05, 3.63) is 52.8 Å². The summed E-state index contributed by atoms with van der Waals surface area (Å²) >= 11 is 6.19. The van der Waals surface area contributed by atoms with Crippen LogP contribution >= 0.6 is 11.6 Å². The van der Waals surface area contributed by atoms with Gasteiger partial charge in [0, 0.05) is 55.0 Å². The molecule has 0 radical (unpaired) electrons. The third-order valence-corrected chi connectivity index (χ3v) is 6.46. The summed E-state index contributed by atoms with van der Waals surface area (Å²) in [5.74, 6) is 0.209. The first-order chi connectivity index (χ1) is 14.5. The molecule has 3 N–H and O–H groups in total. The number of amides is 1. The molecule has 2 aliphatic heterocycles. The number of fused-ring (bicyclic) bond motifs is 3. The van der Waals surface area contributed by atoms with E-state index in [0.717, 1.165) is 24.8 Å². The second-order valence-electron chi connectivity index (χ2n) is 8.34.